The first kappa shape index (κ1) is 18.8. The van der Waals surface area contributed by atoms with Crippen molar-refractivity contribution in [3.05, 3.63) is 23.7 Å². The van der Waals surface area contributed by atoms with E-state index in [4.69, 9.17) is 4.52 Å². The van der Waals surface area contributed by atoms with Crippen molar-refractivity contribution >= 4 is 5.91 Å². The van der Waals surface area contributed by atoms with E-state index in [1.807, 2.05) is 14.0 Å². The minimum absolute atomic E-state index is 0.166. The Morgan fingerprint density at radius 2 is 2.21 bits per heavy atom. The van der Waals surface area contributed by atoms with Crippen LogP contribution in [-0.4, -0.2) is 64.0 Å². The van der Waals surface area contributed by atoms with Crippen LogP contribution in [0.15, 0.2) is 16.8 Å². The predicted octanol–water partition coefficient (Wildman–Crippen LogP) is 1.58. The van der Waals surface area contributed by atoms with Crippen LogP contribution in [0.5, 0.6) is 0 Å². The van der Waals surface area contributed by atoms with Gasteiger partial charge in [-0.05, 0) is 57.7 Å². The maximum absolute atomic E-state index is 12.8. The maximum atomic E-state index is 12.8. The van der Waals surface area contributed by atoms with Gasteiger partial charge in [0.1, 0.15) is 0 Å². The highest BCUT2D eigenvalue weighted by atomic mass is 16.5. The first-order chi connectivity index (χ1) is 14.1. The van der Waals surface area contributed by atoms with Crippen molar-refractivity contribution in [3.63, 3.8) is 0 Å². The van der Waals surface area contributed by atoms with Gasteiger partial charge in [-0.15, -0.1) is 0 Å². The lowest BCUT2D eigenvalue weighted by Crippen LogP contribution is -2.65. The van der Waals surface area contributed by atoms with Gasteiger partial charge < -0.3 is 15.2 Å². The lowest BCUT2D eigenvalue weighted by molar-refractivity contribution is -0.0371. The van der Waals surface area contributed by atoms with Crippen molar-refractivity contribution < 1.29 is 9.32 Å². The second kappa shape index (κ2) is 7.57. The zero-order valence-electron chi connectivity index (χ0n) is 17.2. The number of nitrogens with one attached hydrogen (secondary N) is 2. The van der Waals surface area contributed by atoms with Gasteiger partial charge in [0.25, 0.3) is 5.91 Å². The molecule has 2 N–H and O–H groups in total. The number of aromatic nitrogens is 3. The van der Waals surface area contributed by atoms with Gasteiger partial charge in [-0.1, -0.05) is 11.6 Å². The molecule has 0 saturated carbocycles. The molecule has 3 aliphatic heterocycles. The Morgan fingerprint density at radius 1 is 1.34 bits per heavy atom. The van der Waals surface area contributed by atoms with Crippen molar-refractivity contribution in [3.8, 4) is 11.3 Å². The Morgan fingerprint density at radius 3 is 3.03 bits per heavy atom. The lowest BCUT2D eigenvalue weighted by Gasteiger charge is -2.55. The second-order valence-electron chi connectivity index (χ2n) is 8.84. The van der Waals surface area contributed by atoms with Crippen molar-refractivity contribution in [1.29, 1.82) is 0 Å². The third-order valence-electron chi connectivity index (χ3n) is 7.24. The molecular weight excluding hydrogens is 368 g/mol. The molecule has 0 spiro atoms. The molecule has 8 heteroatoms. The molecule has 2 bridgehead atoms. The van der Waals surface area contributed by atoms with Gasteiger partial charge in [0, 0.05) is 37.4 Å². The average Bonchev–Trinajstić information content (AvgIpc) is 3.35. The number of aryl methyl sites for hydroxylation is 1. The molecule has 0 aromatic carbocycles. The SMILES string of the molecule is Cc1c(-c2cc(C(=O)NC[C@H]3[C@@H]4CNC[C@@H](C4)[C@@H]4CCCCN43)no2)cnn1C. The number of hydrogen-bond donors (Lipinski definition) is 2. The predicted molar refractivity (Wildman–Crippen MR) is 108 cm³/mol. The standard InChI is InChI=1S/C21H30N6O2/c1-13-16(11-24-26(13)2)20-8-17(25-29-20)21(28)23-12-19-15-7-14(9-22-10-15)18-5-3-4-6-27(18)19/h8,11,14-15,18-19,22H,3-7,9-10,12H2,1-2H3,(H,23,28)/t14-,15+,18+,19+/m1/s1. The number of carbonyl (C=O) groups excluding carboxylic acids is 1. The number of fused-ring (bicyclic) bond motifs is 4. The van der Waals surface area contributed by atoms with E-state index in [1.165, 1.54) is 25.7 Å². The van der Waals surface area contributed by atoms with E-state index in [-0.39, 0.29) is 5.91 Å². The Bertz CT molecular complexity index is 890. The van der Waals surface area contributed by atoms with Gasteiger partial charge in [-0.3, -0.25) is 14.4 Å². The topological polar surface area (TPSA) is 88.2 Å². The molecule has 4 atom stereocenters. The highest BCUT2D eigenvalue weighted by molar-refractivity contribution is 5.93. The van der Waals surface area contributed by atoms with Crippen molar-refractivity contribution in [2.75, 3.05) is 26.2 Å². The molecule has 3 saturated heterocycles. The lowest BCUT2D eigenvalue weighted by atomic mass is 9.73. The summed E-state index contributed by atoms with van der Waals surface area (Å²) in [5, 5.41) is 15.0. The van der Waals surface area contributed by atoms with Crippen molar-refractivity contribution in [2.45, 2.75) is 44.7 Å². The number of amides is 1. The van der Waals surface area contributed by atoms with Crippen LogP contribution in [0.4, 0.5) is 0 Å². The van der Waals surface area contributed by atoms with Gasteiger partial charge in [0.2, 0.25) is 0 Å². The fraction of sp³-hybridized carbons (Fsp3) is 0.667. The van der Waals surface area contributed by atoms with Crippen molar-refractivity contribution in [1.82, 2.24) is 30.5 Å². The molecule has 2 aromatic heterocycles. The number of carbonyl (C=O) groups is 1. The first-order valence-corrected chi connectivity index (χ1v) is 10.8. The Kier molecular flexibility index (Phi) is 4.91. The molecule has 0 radical (unpaired) electrons. The molecule has 29 heavy (non-hydrogen) atoms. The highest BCUT2D eigenvalue weighted by Crippen LogP contribution is 2.38. The van der Waals surface area contributed by atoms with Gasteiger partial charge in [0.05, 0.1) is 11.8 Å². The minimum Gasteiger partial charge on any atom is -0.355 e. The van der Waals surface area contributed by atoms with Gasteiger partial charge >= 0.3 is 0 Å². The maximum Gasteiger partial charge on any atom is 0.273 e. The largest absolute Gasteiger partial charge is 0.355 e. The Labute approximate surface area is 171 Å². The van der Waals surface area contributed by atoms with Crippen LogP contribution in [0.1, 0.15) is 41.9 Å². The molecule has 1 amide bonds. The second-order valence-corrected chi connectivity index (χ2v) is 8.84. The number of rotatable bonds is 4. The van der Waals surface area contributed by atoms with Crippen LogP contribution < -0.4 is 10.6 Å². The molecule has 3 aliphatic rings. The fourth-order valence-electron chi connectivity index (χ4n) is 5.59. The van der Waals surface area contributed by atoms with E-state index in [0.717, 1.165) is 36.8 Å². The summed E-state index contributed by atoms with van der Waals surface area (Å²) < 4.78 is 7.20. The molecule has 5 heterocycles. The molecule has 3 fully saturated rings. The van der Waals surface area contributed by atoms with Crippen LogP contribution in [0.25, 0.3) is 11.3 Å². The third kappa shape index (κ3) is 3.38. The average molecular weight is 399 g/mol. The molecule has 0 aliphatic carbocycles. The first-order valence-electron chi connectivity index (χ1n) is 10.8. The third-order valence-corrected chi connectivity index (χ3v) is 7.24. The number of nitrogens with zero attached hydrogens (tertiary/aromatic N) is 4. The summed E-state index contributed by atoms with van der Waals surface area (Å²) in [7, 11) is 1.88. The van der Waals surface area contributed by atoms with Gasteiger partial charge in [-0.2, -0.15) is 5.10 Å². The Balaban J connectivity index is 1.27. The monoisotopic (exact) mass is 398 g/mol. The Hall–Kier alpha value is -2.19. The van der Waals surface area contributed by atoms with Crippen LogP contribution in [0, 0.1) is 18.8 Å². The normalized spacial score (nSPS) is 29.4. The summed E-state index contributed by atoms with van der Waals surface area (Å²) in [5.41, 5.74) is 2.17. The van der Waals surface area contributed by atoms with E-state index >= 15 is 0 Å². The van der Waals surface area contributed by atoms with Crippen LogP contribution in [-0.2, 0) is 7.05 Å². The summed E-state index contributed by atoms with van der Waals surface area (Å²) in [6.45, 7) is 5.99. The van der Waals surface area contributed by atoms with E-state index in [2.05, 4.69) is 25.8 Å². The molecule has 2 aromatic rings. The van der Waals surface area contributed by atoms with Crippen LogP contribution in [0.3, 0.4) is 0 Å². The molecular formula is C21H30N6O2. The van der Waals surface area contributed by atoms with E-state index in [1.54, 1.807) is 16.9 Å². The highest BCUT2D eigenvalue weighted by Gasteiger charge is 2.45. The van der Waals surface area contributed by atoms with Crippen LogP contribution >= 0.6 is 0 Å². The summed E-state index contributed by atoms with van der Waals surface area (Å²) >= 11 is 0. The van der Waals surface area contributed by atoms with E-state index < -0.39 is 0 Å². The number of hydrogen-bond acceptors (Lipinski definition) is 6. The smallest absolute Gasteiger partial charge is 0.273 e. The summed E-state index contributed by atoms with van der Waals surface area (Å²) in [4.78, 5) is 15.5. The summed E-state index contributed by atoms with van der Waals surface area (Å²) in [5.74, 6) is 1.78. The fourth-order valence-corrected chi connectivity index (χ4v) is 5.59. The zero-order chi connectivity index (χ0) is 20.0. The molecule has 5 rings (SSSR count). The van der Waals surface area contributed by atoms with Gasteiger partial charge in [-0.25, -0.2) is 0 Å². The molecule has 0 unspecified atom stereocenters. The summed E-state index contributed by atoms with van der Waals surface area (Å²) in [6, 6.07) is 2.78. The quantitative estimate of drug-likeness (QED) is 0.813. The molecule has 156 valence electrons. The molecule has 8 nitrogen and oxygen atoms in total. The van der Waals surface area contributed by atoms with Gasteiger partial charge in [0.15, 0.2) is 11.5 Å². The number of piperidine rings is 3. The van der Waals surface area contributed by atoms with E-state index in [0.29, 0.717) is 36.0 Å². The zero-order valence-corrected chi connectivity index (χ0v) is 17.2. The van der Waals surface area contributed by atoms with Crippen LogP contribution in [0.2, 0.25) is 0 Å². The minimum atomic E-state index is -0.166. The summed E-state index contributed by atoms with van der Waals surface area (Å²) in [6.07, 6.45) is 6.91. The van der Waals surface area contributed by atoms with E-state index in [9.17, 15) is 4.79 Å². The van der Waals surface area contributed by atoms with Crippen molar-refractivity contribution in [2.24, 2.45) is 18.9 Å².